The van der Waals surface area contributed by atoms with Crippen LogP contribution in [0.1, 0.15) is 47.2 Å². The number of rotatable bonds is 9. The molecule has 2 aliphatic carbocycles. The summed E-state index contributed by atoms with van der Waals surface area (Å²) in [6.07, 6.45) is 0. The third-order valence-corrected chi connectivity index (χ3v) is 18.3. The van der Waals surface area contributed by atoms with E-state index in [1.165, 1.54) is 120 Å². The number of hydrogen-bond acceptors (Lipinski definition) is 2. The zero-order valence-electron chi connectivity index (χ0n) is 43.5. The van der Waals surface area contributed by atoms with Crippen LogP contribution in [0.2, 0.25) is 0 Å². The zero-order chi connectivity index (χ0) is 52.0. The normalized spacial score (nSPS) is 13.5. The molecule has 0 saturated carbocycles. The molecule has 2 aliphatic rings. The minimum Gasteiger partial charge on any atom is -0.310 e. The highest BCUT2D eigenvalue weighted by Crippen LogP contribution is 2.57. The van der Waals surface area contributed by atoms with E-state index in [1.54, 1.807) is 0 Å². The van der Waals surface area contributed by atoms with Gasteiger partial charge in [0.2, 0.25) is 0 Å². The quantitative estimate of drug-likeness (QED) is 0.139. The molecule has 0 saturated heterocycles. The van der Waals surface area contributed by atoms with Gasteiger partial charge in [-0.25, -0.2) is 0 Å². The molecular weight excluding hydrogens is 959 g/mol. The van der Waals surface area contributed by atoms with Crippen LogP contribution in [0.15, 0.2) is 285 Å². The van der Waals surface area contributed by atoms with Gasteiger partial charge >= 0.3 is 0 Å². The summed E-state index contributed by atoms with van der Waals surface area (Å²) in [6, 6.07) is 106. The van der Waals surface area contributed by atoms with Gasteiger partial charge in [0.25, 0.3) is 0 Å². The average Bonchev–Trinajstić information content (AvgIpc) is 4.30. The minimum absolute atomic E-state index is 0.115. The molecule has 78 heavy (non-hydrogen) atoms. The summed E-state index contributed by atoms with van der Waals surface area (Å²) < 4.78 is 2.61. The van der Waals surface area contributed by atoms with Crippen molar-refractivity contribution in [3.63, 3.8) is 0 Å². The molecule has 2 heteroatoms. The van der Waals surface area contributed by atoms with Crippen LogP contribution in [0.3, 0.4) is 0 Å². The molecule has 1 heterocycles. The van der Waals surface area contributed by atoms with E-state index < -0.39 is 5.41 Å². The second kappa shape index (κ2) is 18.2. The molecule has 0 unspecified atom stereocenters. The van der Waals surface area contributed by atoms with Crippen LogP contribution in [0.4, 0.5) is 17.1 Å². The summed E-state index contributed by atoms with van der Waals surface area (Å²) in [5, 5.41) is 2.57. The van der Waals surface area contributed by atoms with E-state index in [0.717, 1.165) is 17.1 Å². The van der Waals surface area contributed by atoms with E-state index in [0.29, 0.717) is 0 Å². The predicted octanol–water partition coefficient (Wildman–Crippen LogP) is 20.9. The molecule has 12 aromatic carbocycles. The van der Waals surface area contributed by atoms with Gasteiger partial charge < -0.3 is 4.90 Å². The Kier molecular flexibility index (Phi) is 10.7. The van der Waals surface area contributed by atoms with E-state index in [1.807, 2.05) is 11.3 Å². The molecule has 0 atom stereocenters. The Labute approximate surface area is 460 Å². The van der Waals surface area contributed by atoms with E-state index in [-0.39, 0.29) is 5.41 Å². The van der Waals surface area contributed by atoms with Crippen LogP contribution in [0.25, 0.3) is 86.9 Å². The van der Waals surface area contributed by atoms with E-state index >= 15 is 0 Å². The van der Waals surface area contributed by atoms with Crippen molar-refractivity contribution in [1.29, 1.82) is 0 Å². The summed E-state index contributed by atoms with van der Waals surface area (Å²) in [5.41, 5.74) is 25.7. The van der Waals surface area contributed by atoms with Crippen molar-refractivity contribution in [3.8, 4) is 66.8 Å². The molecule has 0 bridgehead atoms. The summed E-state index contributed by atoms with van der Waals surface area (Å²) in [6.45, 7) is 4.72. The fourth-order valence-corrected chi connectivity index (χ4v) is 14.6. The van der Waals surface area contributed by atoms with Gasteiger partial charge in [-0.05, 0) is 137 Å². The average molecular weight is 1010 g/mol. The lowest BCUT2D eigenvalue weighted by atomic mass is 9.67. The predicted molar refractivity (Wildman–Crippen MR) is 331 cm³/mol. The summed E-state index contributed by atoms with van der Waals surface area (Å²) in [5.74, 6) is 0. The number of anilines is 3. The number of hydrogen-bond donors (Lipinski definition) is 0. The third kappa shape index (κ3) is 7.14. The Morgan fingerprint density at radius 1 is 0.269 bits per heavy atom. The van der Waals surface area contributed by atoms with Crippen LogP contribution >= 0.6 is 11.3 Å². The molecule has 0 aliphatic heterocycles. The fraction of sp³-hybridized carbons (Fsp3) is 0.0526. The monoisotopic (exact) mass is 1010 g/mol. The Morgan fingerprint density at radius 2 is 0.628 bits per heavy atom. The molecule has 13 aromatic rings. The topological polar surface area (TPSA) is 3.24 Å². The van der Waals surface area contributed by atoms with Crippen LogP contribution in [-0.2, 0) is 10.8 Å². The SMILES string of the molecule is CC1(C)c2ccccc2-c2ccc(N(c3ccc(-c4ccccc4)cc3)c3ccc(-c4cccc5c4sc4c(-c6ccc(C7(c8ccc(-c9ccccc9)cc8)c8ccccc8-c8ccccc87)cc6)cccc45)cc3)cc21. The first-order valence-corrected chi connectivity index (χ1v) is 28.0. The lowest BCUT2D eigenvalue weighted by Gasteiger charge is -2.34. The fourth-order valence-electron chi connectivity index (χ4n) is 13.2. The van der Waals surface area contributed by atoms with Crippen molar-refractivity contribution in [3.05, 3.63) is 318 Å². The number of nitrogens with zero attached hydrogens (tertiary/aromatic N) is 1. The van der Waals surface area contributed by atoms with Crippen molar-refractivity contribution in [2.24, 2.45) is 0 Å². The number of fused-ring (bicyclic) bond motifs is 9. The molecular formula is C76H53NS. The maximum absolute atomic E-state index is 2.42. The Balaban J connectivity index is 0.804. The zero-order valence-corrected chi connectivity index (χ0v) is 44.3. The maximum atomic E-state index is 2.42. The number of benzene rings is 12. The van der Waals surface area contributed by atoms with Crippen molar-refractivity contribution < 1.29 is 0 Å². The van der Waals surface area contributed by atoms with Gasteiger partial charge in [0.05, 0.1) is 5.41 Å². The largest absolute Gasteiger partial charge is 0.310 e. The first-order chi connectivity index (χ1) is 38.4. The molecule has 0 spiro atoms. The van der Waals surface area contributed by atoms with Gasteiger partial charge in [0, 0.05) is 42.6 Å². The molecule has 0 radical (unpaired) electrons. The molecule has 1 aromatic heterocycles. The van der Waals surface area contributed by atoms with Gasteiger partial charge in [-0.15, -0.1) is 11.3 Å². The van der Waals surface area contributed by atoms with Crippen molar-refractivity contribution in [2.75, 3.05) is 4.90 Å². The molecule has 1 nitrogen and oxygen atoms in total. The van der Waals surface area contributed by atoms with E-state index in [4.69, 9.17) is 0 Å². The van der Waals surface area contributed by atoms with Gasteiger partial charge in [-0.3, -0.25) is 0 Å². The van der Waals surface area contributed by atoms with Crippen LogP contribution in [-0.4, -0.2) is 0 Å². The molecule has 368 valence electrons. The summed E-state index contributed by atoms with van der Waals surface area (Å²) in [4.78, 5) is 2.42. The molecule has 0 fully saturated rings. The highest BCUT2D eigenvalue weighted by atomic mass is 32.1. The van der Waals surface area contributed by atoms with Gasteiger partial charge in [0.15, 0.2) is 0 Å². The van der Waals surface area contributed by atoms with Crippen LogP contribution < -0.4 is 4.90 Å². The summed E-state index contributed by atoms with van der Waals surface area (Å²) >= 11 is 1.91. The highest BCUT2D eigenvalue weighted by Gasteiger charge is 2.46. The Hall–Kier alpha value is -9.34. The first kappa shape index (κ1) is 46.0. The highest BCUT2D eigenvalue weighted by molar-refractivity contribution is 7.26. The molecule has 15 rings (SSSR count). The molecule has 0 amide bonds. The van der Waals surface area contributed by atoms with Crippen LogP contribution in [0.5, 0.6) is 0 Å². The third-order valence-electron chi connectivity index (χ3n) is 17.0. The summed E-state index contributed by atoms with van der Waals surface area (Å²) in [7, 11) is 0. The first-order valence-electron chi connectivity index (χ1n) is 27.1. The van der Waals surface area contributed by atoms with E-state index in [9.17, 15) is 0 Å². The van der Waals surface area contributed by atoms with E-state index in [2.05, 4.69) is 304 Å². The van der Waals surface area contributed by atoms with Crippen molar-refractivity contribution in [2.45, 2.75) is 24.7 Å². The molecule has 0 N–H and O–H groups in total. The standard InChI is InChI=1S/C76H53NS/c1-75(2)69-28-12-9-21-63(69)66-48-47-60(49-72(66)75)77(58-43-35-53(36-44-58)51-19-7-4-8-20-51)59-45-37-55(38-46-59)62-25-16-27-68-67-26-15-24-61(73(67)78-74(62)68)54-33-41-57(42-34-54)76(56-39-31-52(32-40-56)50-17-5-3-6-18-50)70-29-13-10-22-64(70)65-23-11-14-30-71(65)76/h3-49H,1-2H3. The lowest BCUT2D eigenvalue weighted by molar-refractivity contribution is 0.660. The maximum Gasteiger partial charge on any atom is 0.0713 e. The second-order valence-corrected chi connectivity index (χ2v) is 22.5. The van der Waals surface area contributed by atoms with Gasteiger partial charge in [0.1, 0.15) is 0 Å². The van der Waals surface area contributed by atoms with Gasteiger partial charge in [-0.2, -0.15) is 0 Å². The Bertz CT molecular complexity index is 4370. The minimum atomic E-state index is -0.482. The van der Waals surface area contributed by atoms with Gasteiger partial charge in [-0.1, -0.05) is 263 Å². The van der Waals surface area contributed by atoms with Crippen LogP contribution in [0, 0.1) is 0 Å². The Morgan fingerprint density at radius 3 is 1.13 bits per heavy atom. The number of thiophene rings is 1. The smallest absolute Gasteiger partial charge is 0.0713 e. The lowest BCUT2D eigenvalue weighted by Crippen LogP contribution is -2.28. The van der Waals surface area contributed by atoms with Crippen molar-refractivity contribution >= 4 is 48.6 Å². The van der Waals surface area contributed by atoms with Crippen molar-refractivity contribution in [1.82, 2.24) is 0 Å². The second-order valence-electron chi connectivity index (χ2n) is 21.5.